The maximum Gasteiger partial charge on any atom is 0.112 e. The van der Waals surface area contributed by atoms with Gasteiger partial charge < -0.3 is 10.5 Å². The Labute approximate surface area is 152 Å². The van der Waals surface area contributed by atoms with E-state index in [1.807, 2.05) is 0 Å². The molecule has 3 aliphatic rings. The van der Waals surface area contributed by atoms with Gasteiger partial charge in [-0.2, -0.15) is 5.10 Å². The highest BCUT2D eigenvalue weighted by molar-refractivity contribution is 5.84. The van der Waals surface area contributed by atoms with Crippen LogP contribution in [-0.4, -0.2) is 37.4 Å². The Hall–Kier alpha value is -0.690. The Morgan fingerprint density at radius 2 is 1.76 bits per heavy atom. The monoisotopic (exact) mass is 351 g/mol. The average Bonchev–Trinajstić information content (AvgIpc) is 2.67. The molecule has 0 aromatic rings. The number of hydrazone groups is 1. The van der Waals surface area contributed by atoms with E-state index in [1.54, 1.807) is 7.11 Å². The number of nitrogens with zero attached hydrogens (tertiary/aromatic N) is 1. The molecule has 144 valence electrons. The first-order valence-corrected chi connectivity index (χ1v) is 10.3. The summed E-state index contributed by atoms with van der Waals surface area (Å²) in [6, 6.07) is 0.391. The lowest BCUT2D eigenvalue weighted by Crippen LogP contribution is -2.64. The molecule has 0 radical (unpaired) electrons. The number of nitrogens with two attached hydrogens (primary N) is 1. The van der Waals surface area contributed by atoms with Crippen LogP contribution in [0.5, 0.6) is 0 Å². The van der Waals surface area contributed by atoms with Gasteiger partial charge in [-0.1, -0.05) is 19.3 Å². The topological polar surface area (TPSA) is 83.7 Å². The van der Waals surface area contributed by atoms with Crippen molar-refractivity contribution in [3.05, 3.63) is 0 Å². The first-order valence-electron chi connectivity index (χ1n) is 10.3. The molecular weight excluding hydrogens is 314 g/mol. The predicted molar refractivity (Wildman–Crippen MR) is 102 cm³/mol. The summed E-state index contributed by atoms with van der Waals surface area (Å²) >= 11 is 0. The Balaban J connectivity index is 1.53. The summed E-state index contributed by atoms with van der Waals surface area (Å²) in [6.07, 6.45) is 12.7. The predicted octanol–water partition coefficient (Wildman–Crippen LogP) is 2.26. The van der Waals surface area contributed by atoms with Gasteiger partial charge in [0.15, 0.2) is 0 Å². The van der Waals surface area contributed by atoms with Crippen LogP contribution in [0.1, 0.15) is 71.1 Å². The van der Waals surface area contributed by atoms with E-state index in [0.29, 0.717) is 24.0 Å². The zero-order chi connectivity index (χ0) is 17.6. The number of ether oxygens (including phenoxy) is 1. The molecule has 2 saturated carbocycles. The van der Waals surface area contributed by atoms with Crippen LogP contribution in [0.2, 0.25) is 0 Å². The van der Waals surface area contributed by atoms with Crippen molar-refractivity contribution < 1.29 is 4.74 Å². The van der Waals surface area contributed by atoms with Gasteiger partial charge in [0.1, 0.15) is 6.23 Å². The van der Waals surface area contributed by atoms with Crippen molar-refractivity contribution in [3.63, 3.8) is 0 Å². The third-order valence-corrected chi connectivity index (χ3v) is 6.36. The van der Waals surface area contributed by atoms with E-state index >= 15 is 0 Å². The minimum atomic E-state index is 0.0915. The number of rotatable bonds is 5. The van der Waals surface area contributed by atoms with E-state index in [-0.39, 0.29) is 12.4 Å². The van der Waals surface area contributed by atoms with Gasteiger partial charge in [0.25, 0.3) is 0 Å². The molecule has 0 aromatic carbocycles. The summed E-state index contributed by atoms with van der Waals surface area (Å²) in [5.41, 5.74) is 10.6. The highest BCUT2D eigenvalue weighted by Gasteiger charge is 2.33. The summed E-state index contributed by atoms with van der Waals surface area (Å²) in [6.45, 7) is 2.15. The maximum atomic E-state index is 6.02. The largest absolute Gasteiger partial charge is 0.366 e. The van der Waals surface area contributed by atoms with Crippen LogP contribution in [0, 0.1) is 11.8 Å². The molecule has 5 N–H and O–H groups in total. The smallest absolute Gasteiger partial charge is 0.112 e. The molecule has 0 spiro atoms. The second-order valence-corrected chi connectivity index (χ2v) is 8.22. The quantitative estimate of drug-likeness (QED) is 0.451. The Morgan fingerprint density at radius 3 is 2.44 bits per heavy atom. The lowest BCUT2D eigenvalue weighted by Gasteiger charge is -2.41. The number of methoxy groups -OCH3 is 1. The lowest BCUT2D eigenvalue weighted by molar-refractivity contribution is -0.00386. The fourth-order valence-electron chi connectivity index (χ4n) is 4.62. The molecule has 25 heavy (non-hydrogen) atoms. The molecule has 3 unspecified atom stereocenters. The van der Waals surface area contributed by atoms with Crippen molar-refractivity contribution in [2.45, 2.75) is 95.7 Å². The number of nitrogens with one attached hydrogen (secondary N) is 3. The van der Waals surface area contributed by atoms with E-state index in [0.717, 1.165) is 19.3 Å². The Morgan fingerprint density at radius 1 is 1.04 bits per heavy atom. The van der Waals surface area contributed by atoms with Crippen molar-refractivity contribution in [2.75, 3.05) is 7.11 Å². The zero-order valence-corrected chi connectivity index (χ0v) is 16.0. The molecule has 1 heterocycles. The second-order valence-electron chi connectivity index (χ2n) is 8.22. The van der Waals surface area contributed by atoms with Crippen LogP contribution in [0.25, 0.3) is 0 Å². The summed E-state index contributed by atoms with van der Waals surface area (Å²) < 4.78 is 5.62. The number of hydrogen-bond acceptors (Lipinski definition) is 6. The summed E-state index contributed by atoms with van der Waals surface area (Å²) in [5.74, 6) is 1.28. The van der Waals surface area contributed by atoms with Gasteiger partial charge in [-0.05, 0) is 57.3 Å². The van der Waals surface area contributed by atoms with Crippen molar-refractivity contribution in [2.24, 2.45) is 22.7 Å². The van der Waals surface area contributed by atoms with Gasteiger partial charge in [-0.3, -0.25) is 16.1 Å². The van der Waals surface area contributed by atoms with Crippen molar-refractivity contribution >= 4 is 5.71 Å². The molecule has 3 rings (SSSR count). The standard InChI is InChI=1S/C19H37N5O/c1-13(14-8-10-16(20)11-9-14)23-24-17-12-18(25-2)22-19(21-17)15-6-4-3-5-7-15/h14-19,21-22,24H,3-12,20H2,1-2H3/b23-13+. The summed E-state index contributed by atoms with van der Waals surface area (Å²) in [4.78, 5) is 0. The van der Waals surface area contributed by atoms with E-state index < -0.39 is 0 Å². The van der Waals surface area contributed by atoms with Gasteiger partial charge in [-0.25, -0.2) is 0 Å². The van der Waals surface area contributed by atoms with Crippen molar-refractivity contribution in [1.82, 2.24) is 16.1 Å². The number of hydrogen-bond donors (Lipinski definition) is 4. The van der Waals surface area contributed by atoms with Gasteiger partial charge in [0.05, 0.1) is 12.3 Å². The van der Waals surface area contributed by atoms with Crippen molar-refractivity contribution in [3.8, 4) is 0 Å². The Kier molecular flexibility index (Phi) is 7.10. The van der Waals surface area contributed by atoms with Gasteiger partial charge in [0, 0.05) is 25.3 Å². The normalized spacial score (nSPS) is 38.5. The van der Waals surface area contributed by atoms with Crippen LogP contribution < -0.4 is 21.8 Å². The minimum absolute atomic E-state index is 0.0915. The molecule has 0 amide bonds. The summed E-state index contributed by atoms with van der Waals surface area (Å²) in [5, 5.41) is 12.1. The van der Waals surface area contributed by atoms with Gasteiger partial charge in [0.2, 0.25) is 0 Å². The van der Waals surface area contributed by atoms with Crippen LogP contribution in [0.4, 0.5) is 0 Å². The maximum absolute atomic E-state index is 6.02. The van der Waals surface area contributed by atoms with E-state index in [1.165, 1.54) is 50.7 Å². The van der Waals surface area contributed by atoms with E-state index in [2.05, 4.69) is 23.0 Å². The Bertz CT molecular complexity index is 430. The van der Waals surface area contributed by atoms with E-state index in [4.69, 9.17) is 15.6 Å². The molecule has 6 heteroatoms. The fourth-order valence-corrected chi connectivity index (χ4v) is 4.62. The minimum Gasteiger partial charge on any atom is -0.366 e. The fraction of sp³-hybridized carbons (Fsp3) is 0.947. The van der Waals surface area contributed by atoms with Crippen LogP contribution in [0.3, 0.4) is 0 Å². The molecule has 3 fully saturated rings. The van der Waals surface area contributed by atoms with Crippen LogP contribution in [-0.2, 0) is 4.74 Å². The molecule has 3 atom stereocenters. The molecule has 2 aliphatic carbocycles. The molecule has 1 aliphatic heterocycles. The molecular formula is C19H37N5O. The second kappa shape index (κ2) is 9.31. The molecule has 1 saturated heterocycles. The van der Waals surface area contributed by atoms with E-state index in [9.17, 15) is 0 Å². The lowest BCUT2D eigenvalue weighted by atomic mass is 9.84. The van der Waals surface area contributed by atoms with Gasteiger partial charge in [-0.15, -0.1) is 0 Å². The molecule has 6 nitrogen and oxygen atoms in total. The third kappa shape index (κ3) is 5.39. The SMILES string of the molecule is COC1CC(N/N=C(\C)C2CCC(N)CC2)NC(C2CCCCC2)N1. The zero-order valence-electron chi connectivity index (χ0n) is 16.0. The molecule has 0 bridgehead atoms. The van der Waals surface area contributed by atoms with Crippen LogP contribution >= 0.6 is 0 Å². The highest BCUT2D eigenvalue weighted by atomic mass is 16.5. The van der Waals surface area contributed by atoms with Crippen LogP contribution in [0.15, 0.2) is 5.10 Å². The third-order valence-electron chi connectivity index (χ3n) is 6.36. The highest BCUT2D eigenvalue weighted by Crippen LogP contribution is 2.28. The molecule has 0 aromatic heterocycles. The van der Waals surface area contributed by atoms with Gasteiger partial charge >= 0.3 is 0 Å². The first kappa shape index (κ1) is 19.1. The van der Waals surface area contributed by atoms with Crippen molar-refractivity contribution in [1.29, 1.82) is 0 Å². The average molecular weight is 352 g/mol. The summed E-state index contributed by atoms with van der Waals surface area (Å²) in [7, 11) is 1.79. The first-order chi connectivity index (χ1) is 12.2.